The van der Waals surface area contributed by atoms with Crippen molar-refractivity contribution >= 4 is 0 Å². The first-order chi connectivity index (χ1) is 13.0. The van der Waals surface area contributed by atoms with Gasteiger partial charge in [-0.1, -0.05) is 12.1 Å². The third-order valence-corrected chi connectivity index (χ3v) is 5.10. The highest BCUT2D eigenvalue weighted by molar-refractivity contribution is 5.44. The van der Waals surface area contributed by atoms with Crippen LogP contribution in [0.2, 0.25) is 0 Å². The minimum atomic E-state index is -0.902. The molecule has 0 aliphatic carbocycles. The van der Waals surface area contributed by atoms with Crippen LogP contribution in [0.1, 0.15) is 23.3 Å². The maximum absolute atomic E-state index is 10.8. The van der Waals surface area contributed by atoms with Crippen LogP contribution in [0.15, 0.2) is 36.4 Å². The lowest BCUT2D eigenvalue weighted by atomic mass is 9.82. The van der Waals surface area contributed by atoms with Crippen molar-refractivity contribution in [2.24, 2.45) is 11.8 Å². The highest BCUT2D eigenvalue weighted by Gasteiger charge is 2.42. The van der Waals surface area contributed by atoms with Crippen LogP contribution in [0.5, 0.6) is 23.0 Å². The van der Waals surface area contributed by atoms with Crippen LogP contribution in [-0.2, 0) is 4.74 Å². The van der Waals surface area contributed by atoms with Crippen molar-refractivity contribution in [3.63, 3.8) is 0 Å². The van der Waals surface area contributed by atoms with Gasteiger partial charge in [0.1, 0.15) is 0 Å². The molecule has 7 nitrogen and oxygen atoms in total. The molecule has 0 spiro atoms. The lowest BCUT2D eigenvalue weighted by molar-refractivity contribution is 0.0632. The highest BCUT2D eigenvalue weighted by Crippen LogP contribution is 2.45. The summed E-state index contributed by atoms with van der Waals surface area (Å²) in [4.78, 5) is 0. The van der Waals surface area contributed by atoms with E-state index in [1.54, 1.807) is 24.3 Å². The molecule has 146 valence electrons. The molecule has 7 heteroatoms. The molecule has 2 aromatic rings. The maximum atomic E-state index is 10.8. The third kappa shape index (κ3) is 3.66. The number of aromatic hydroxyl groups is 2. The number of rotatable bonds is 6. The third-order valence-electron chi connectivity index (χ3n) is 5.10. The number of hydrogen-bond acceptors (Lipinski definition) is 7. The normalized spacial score (nSPS) is 23.2. The molecular formula is C20H24O7. The molecule has 0 saturated carbocycles. The molecule has 0 amide bonds. The molecule has 1 fully saturated rings. The fourth-order valence-electron chi connectivity index (χ4n) is 3.58. The number of aliphatic hydroxyl groups is 2. The van der Waals surface area contributed by atoms with Gasteiger partial charge < -0.3 is 34.6 Å². The van der Waals surface area contributed by atoms with Crippen molar-refractivity contribution in [1.29, 1.82) is 0 Å². The summed E-state index contributed by atoms with van der Waals surface area (Å²) in [5.74, 6) is -0.106. The summed E-state index contributed by atoms with van der Waals surface area (Å²) in [7, 11) is 2.90. The van der Waals surface area contributed by atoms with Gasteiger partial charge in [0.15, 0.2) is 23.0 Å². The Kier molecular flexibility index (Phi) is 5.74. The monoisotopic (exact) mass is 376 g/mol. The minimum absolute atomic E-state index is 0.0103. The SMILES string of the molecule is COc1cc([C@H]2OC[C@@H]([C@@H](O)c3ccc(O)c(OC)c3)[C@H]2CO)ccc1O. The maximum Gasteiger partial charge on any atom is 0.160 e. The van der Waals surface area contributed by atoms with Crippen LogP contribution in [-0.4, -0.2) is 47.9 Å². The number of aliphatic hydroxyl groups excluding tert-OH is 2. The second kappa shape index (κ2) is 8.04. The van der Waals surface area contributed by atoms with E-state index in [1.165, 1.54) is 26.4 Å². The summed E-state index contributed by atoms with van der Waals surface area (Å²) in [5, 5.41) is 40.3. The number of methoxy groups -OCH3 is 2. The van der Waals surface area contributed by atoms with Gasteiger partial charge >= 0.3 is 0 Å². The summed E-state index contributed by atoms with van der Waals surface area (Å²) in [6, 6.07) is 9.55. The Balaban J connectivity index is 1.86. The molecule has 4 atom stereocenters. The number of ether oxygens (including phenoxy) is 3. The Labute approximate surface area is 157 Å². The number of benzene rings is 2. The summed E-state index contributed by atoms with van der Waals surface area (Å²) in [6.45, 7) is 0.0776. The smallest absolute Gasteiger partial charge is 0.160 e. The van der Waals surface area contributed by atoms with E-state index in [1.807, 2.05) is 0 Å². The van der Waals surface area contributed by atoms with Gasteiger partial charge in [-0.15, -0.1) is 0 Å². The summed E-state index contributed by atoms with van der Waals surface area (Å²) in [5.41, 5.74) is 1.32. The molecule has 0 unspecified atom stereocenters. The fraction of sp³-hybridized carbons (Fsp3) is 0.400. The lowest BCUT2D eigenvalue weighted by Crippen LogP contribution is -2.25. The Morgan fingerprint density at radius 2 is 1.67 bits per heavy atom. The average Bonchev–Trinajstić information content (AvgIpc) is 3.12. The Morgan fingerprint density at radius 3 is 2.30 bits per heavy atom. The number of hydrogen-bond donors (Lipinski definition) is 4. The average molecular weight is 376 g/mol. The summed E-state index contributed by atoms with van der Waals surface area (Å²) in [6.07, 6.45) is -1.34. The Hall–Kier alpha value is -2.48. The predicted octanol–water partition coefficient (Wildman–Crippen LogP) is 2.14. The van der Waals surface area contributed by atoms with Gasteiger partial charge in [-0.3, -0.25) is 0 Å². The largest absolute Gasteiger partial charge is 0.504 e. The van der Waals surface area contributed by atoms with E-state index in [2.05, 4.69) is 0 Å². The molecule has 1 aliphatic rings. The second-order valence-corrected chi connectivity index (χ2v) is 6.57. The minimum Gasteiger partial charge on any atom is -0.504 e. The number of phenolic OH excluding ortho intramolecular Hbond substituents is 2. The fourth-order valence-corrected chi connectivity index (χ4v) is 3.58. The zero-order valence-electron chi connectivity index (χ0n) is 15.2. The van der Waals surface area contributed by atoms with Crippen LogP contribution in [0, 0.1) is 11.8 Å². The van der Waals surface area contributed by atoms with Crippen molar-refractivity contribution < 1.29 is 34.6 Å². The van der Waals surface area contributed by atoms with Crippen LogP contribution in [0.4, 0.5) is 0 Å². The molecule has 1 heterocycles. The molecule has 0 aromatic heterocycles. The van der Waals surface area contributed by atoms with E-state index in [-0.39, 0.29) is 42.3 Å². The highest BCUT2D eigenvalue weighted by atomic mass is 16.5. The van der Waals surface area contributed by atoms with E-state index < -0.39 is 12.2 Å². The van der Waals surface area contributed by atoms with Crippen LogP contribution in [0.3, 0.4) is 0 Å². The van der Waals surface area contributed by atoms with Crippen molar-refractivity contribution in [3.05, 3.63) is 47.5 Å². The van der Waals surface area contributed by atoms with Crippen LogP contribution >= 0.6 is 0 Å². The molecule has 0 bridgehead atoms. The van der Waals surface area contributed by atoms with Gasteiger partial charge in [0.25, 0.3) is 0 Å². The van der Waals surface area contributed by atoms with E-state index >= 15 is 0 Å². The second-order valence-electron chi connectivity index (χ2n) is 6.57. The summed E-state index contributed by atoms with van der Waals surface area (Å²) >= 11 is 0. The van der Waals surface area contributed by atoms with Gasteiger partial charge in [0, 0.05) is 18.4 Å². The summed E-state index contributed by atoms with van der Waals surface area (Å²) < 4.78 is 16.1. The van der Waals surface area contributed by atoms with E-state index in [0.29, 0.717) is 11.3 Å². The van der Waals surface area contributed by atoms with E-state index in [9.17, 15) is 20.4 Å². The first-order valence-corrected chi connectivity index (χ1v) is 8.64. The predicted molar refractivity (Wildman–Crippen MR) is 97.0 cm³/mol. The topological polar surface area (TPSA) is 109 Å². The first kappa shape index (κ1) is 19.3. The molecule has 4 N–H and O–H groups in total. The lowest BCUT2D eigenvalue weighted by Gasteiger charge is -2.25. The van der Waals surface area contributed by atoms with Crippen molar-refractivity contribution in [3.8, 4) is 23.0 Å². The number of phenols is 2. The zero-order valence-corrected chi connectivity index (χ0v) is 15.2. The quantitative estimate of drug-likeness (QED) is 0.612. The van der Waals surface area contributed by atoms with Crippen molar-refractivity contribution in [2.75, 3.05) is 27.4 Å². The molecule has 3 rings (SSSR count). The zero-order chi connectivity index (χ0) is 19.6. The van der Waals surface area contributed by atoms with Gasteiger partial charge in [-0.25, -0.2) is 0 Å². The molecule has 1 saturated heterocycles. The van der Waals surface area contributed by atoms with Gasteiger partial charge in [0.2, 0.25) is 0 Å². The van der Waals surface area contributed by atoms with Gasteiger partial charge in [0.05, 0.1) is 33.0 Å². The van der Waals surface area contributed by atoms with Crippen molar-refractivity contribution in [1.82, 2.24) is 0 Å². The van der Waals surface area contributed by atoms with Crippen molar-refractivity contribution in [2.45, 2.75) is 12.2 Å². The van der Waals surface area contributed by atoms with E-state index in [4.69, 9.17) is 14.2 Å². The van der Waals surface area contributed by atoms with Gasteiger partial charge in [-0.2, -0.15) is 0 Å². The van der Waals surface area contributed by atoms with E-state index in [0.717, 1.165) is 5.56 Å². The molecular weight excluding hydrogens is 352 g/mol. The molecule has 27 heavy (non-hydrogen) atoms. The van der Waals surface area contributed by atoms with Gasteiger partial charge in [-0.05, 0) is 35.4 Å². The molecule has 0 radical (unpaired) electrons. The molecule has 1 aliphatic heterocycles. The Bertz CT molecular complexity index is 792. The standard InChI is InChI=1S/C20H24O7/c1-25-17-7-11(3-5-15(17)22)19(24)14-10-27-20(13(14)9-21)12-4-6-16(23)18(8-12)26-2/h3-8,13-14,19-24H,9-10H2,1-2H3/t13-,14-,19+,20-/m1/s1. The van der Waals surface area contributed by atoms with Crippen LogP contribution in [0.25, 0.3) is 0 Å². The van der Waals surface area contributed by atoms with Crippen LogP contribution < -0.4 is 9.47 Å². The first-order valence-electron chi connectivity index (χ1n) is 8.64. The molecule has 2 aromatic carbocycles. The Morgan fingerprint density at radius 1 is 1.04 bits per heavy atom.